The highest BCUT2D eigenvalue weighted by Crippen LogP contribution is 2.49. The highest BCUT2D eigenvalue weighted by atomic mass is 16.2. The molecule has 4 heteroatoms. The van der Waals surface area contributed by atoms with Crippen LogP contribution in [0.1, 0.15) is 67.5 Å². The number of benzene rings is 1. The summed E-state index contributed by atoms with van der Waals surface area (Å²) in [6, 6.07) is 10.4. The van der Waals surface area contributed by atoms with Gasteiger partial charge in [-0.2, -0.15) is 0 Å². The molecule has 5 rings (SSSR count). The zero-order chi connectivity index (χ0) is 18.3. The molecule has 27 heavy (non-hydrogen) atoms. The Kier molecular flexibility index (Phi) is 4.30. The van der Waals surface area contributed by atoms with Crippen molar-refractivity contribution in [2.75, 3.05) is 13.1 Å². The molecule has 0 bridgehead atoms. The van der Waals surface area contributed by atoms with Crippen molar-refractivity contribution in [1.29, 1.82) is 0 Å². The van der Waals surface area contributed by atoms with Crippen molar-refractivity contribution in [3.63, 3.8) is 0 Å². The van der Waals surface area contributed by atoms with E-state index in [1.165, 1.54) is 50.6 Å². The van der Waals surface area contributed by atoms with Crippen molar-refractivity contribution in [3.05, 3.63) is 41.7 Å². The highest BCUT2D eigenvalue weighted by molar-refractivity contribution is 5.94. The maximum Gasteiger partial charge on any atom is 0.274 e. The van der Waals surface area contributed by atoms with Gasteiger partial charge in [0.1, 0.15) is 11.5 Å². The SMILES string of the molecule is O=C(c1nc(-c2ccccc2)n2c1CCCCC2)N1CCC2(CCC2)CC1. The zero-order valence-corrected chi connectivity index (χ0v) is 16.1. The second-order valence-corrected chi connectivity index (χ2v) is 8.70. The van der Waals surface area contributed by atoms with Crippen LogP contribution < -0.4 is 0 Å². The fourth-order valence-corrected chi connectivity index (χ4v) is 5.21. The van der Waals surface area contributed by atoms with Crippen molar-refractivity contribution < 1.29 is 4.79 Å². The molecule has 0 unspecified atom stereocenters. The largest absolute Gasteiger partial charge is 0.337 e. The van der Waals surface area contributed by atoms with Crippen LogP contribution >= 0.6 is 0 Å². The van der Waals surface area contributed by atoms with Crippen molar-refractivity contribution in [2.45, 2.75) is 64.3 Å². The molecule has 4 nitrogen and oxygen atoms in total. The Labute approximate surface area is 161 Å². The lowest BCUT2D eigenvalue weighted by atomic mass is 9.63. The third-order valence-electron chi connectivity index (χ3n) is 7.13. The molecule has 1 saturated carbocycles. The number of nitrogens with zero attached hydrogens (tertiary/aromatic N) is 3. The Morgan fingerprint density at radius 1 is 0.889 bits per heavy atom. The molecular weight excluding hydrogens is 334 g/mol. The van der Waals surface area contributed by atoms with Gasteiger partial charge in [-0.05, 0) is 50.4 Å². The Morgan fingerprint density at radius 3 is 2.37 bits per heavy atom. The van der Waals surface area contributed by atoms with Crippen LogP contribution in [0.25, 0.3) is 11.4 Å². The van der Waals surface area contributed by atoms with E-state index in [1.54, 1.807) is 0 Å². The molecule has 0 atom stereocenters. The van der Waals surface area contributed by atoms with Crippen LogP contribution in [-0.4, -0.2) is 33.4 Å². The summed E-state index contributed by atoms with van der Waals surface area (Å²) in [6.45, 7) is 2.79. The molecule has 1 amide bonds. The second kappa shape index (κ2) is 6.81. The van der Waals surface area contributed by atoms with Gasteiger partial charge in [0.2, 0.25) is 0 Å². The number of piperidine rings is 1. The molecule has 142 valence electrons. The number of carbonyl (C=O) groups excluding carboxylic acids is 1. The van der Waals surface area contributed by atoms with E-state index in [1.807, 2.05) is 6.07 Å². The predicted molar refractivity (Wildman–Crippen MR) is 107 cm³/mol. The van der Waals surface area contributed by atoms with Crippen LogP contribution in [0, 0.1) is 5.41 Å². The second-order valence-electron chi connectivity index (χ2n) is 8.70. The fourth-order valence-electron chi connectivity index (χ4n) is 5.21. The average molecular weight is 364 g/mol. The third-order valence-corrected chi connectivity index (χ3v) is 7.13. The van der Waals surface area contributed by atoms with Crippen LogP contribution in [0.3, 0.4) is 0 Å². The first-order valence-electron chi connectivity index (χ1n) is 10.7. The summed E-state index contributed by atoms with van der Waals surface area (Å²) in [7, 11) is 0. The van der Waals surface area contributed by atoms with Gasteiger partial charge in [0.15, 0.2) is 0 Å². The molecule has 1 aliphatic carbocycles. The molecule has 3 heterocycles. The molecule has 1 spiro atoms. The number of aromatic nitrogens is 2. The smallest absolute Gasteiger partial charge is 0.274 e. The van der Waals surface area contributed by atoms with Crippen molar-refractivity contribution in [3.8, 4) is 11.4 Å². The number of hydrogen-bond acceptors (Lipinski definition) is 2. The van der Waals surface area contributed by atoms with Crippen molar-refractivity contribution in [1.82, 2.24) is 14.5 Å². The van der Waals surface area contributed by atoms with Gasteiger partial charge in [0, 0.05) is 25.2 Å². The maximum atomic E-state index is 13.4. The van der Waals surface area contributed by atoms with Crippen LogP contribution in [-0.2, 0) is 13.0 Å². The lowest BCUT2D eigenvalue weighted by Crippen LogP contribution is -2.46. The molecule has 2 aromatic rings. The summed E-state index contributed by atoms with van der Waals surface area (Å²) >= 11 is 0. The minimum absolute atomic E-state index is 0.164. The van der Waals surface area contributed by atoms with Crippen LogP contribution in [0.5, 0.6) is 0 Å². The number of rotatable bonds is 2. The first kappa shape index (κ1) is 17.0. The van der Waals surface area contributed by atoms with E-state index in [4.69, 9.17) is 4.98 Å². The third kappa shape index (κ3) is 2.99. The van der Waals surface area contributed by atoms with Gasteiger partial charge in [-0.3, -0.25) is 4.79 Å². The quantitative estimate of drug-likeness (QED) is 0.777. The molecule has 2 fully saturated rings. The Balaban J connectivity index is 1.46. The topological polar surface area (TPSA) is 38.1 Å². The normalized spacial score (nSPS) is 21.4. The minimum atomic E-state index is 0.164. The summed E-state index contributed by atoms with van der Waals surface area (Å²) in [5.74, 6) is 1.14. The summed E-state index contributed by atoms with van der Waals surface area (Å²) in [5.41, 5.74) is 3.57. The van der Waals surface area contributed by atoms with Gasteiger partial charge in [-0.1, -0.05) is 43.2 Å². The summed E-state index contributed by atoms with van der Waals surface area (Å²) < 4.78 is 2.33. The van der Waals surface area contributed by atoms with E-state index in [0.717, 1.165) is 49.6 Å². The average Bonchev–Trinajstić information content (AvgIpc) is 2.88. The first-order valence-corrected chi connectivity index (χ1v) is 10.7. The van der Waals surface area contributed by atoms with E-state index >= 15 is 0 Å². The van der Waals surface area contributed by atoms with Crippen LogP contribution in [0.4, 0.5) is 0 Å². The summed E-state index contributed by atoms with van der Waals surface area (Å²) in [5, 5.41) is 0. The van der Waals surface area contributed by atoms with Gasteiger partial charge < -0.3 is 9.47 Å². The van der Waals surface area contributed by atoms with Gasteiger partial charge in [-0.25, -0.2) is 4.98 Å². The van der Waals surface area contributed by atoms with Gasteiger partial charge in [0.25, 0.3) is 5.91 Å². The van der Waals surface area contributed by atoms with Gasteiger partial charge in [-0.15, -0.1) is 0 Å². The lowest BCUT2D eigenvalue weighted by molar-refractivity contribution is 0.0283. The van der Waals surface area contributed by atoms with Gasteiger partial charge in [0.05, 0.1) is 5.69 Å². The standard InChI is InChI=1S/C23H29N3O/c27-22(25-16-13-23(14-17-25)11-7-12-23)20-19-10-5-2-6-15-26(19)21(24-20)18-8-3-1-4-9-18/h1,3-4,8-9H,2,5-7,10-17H2. The zero-order valence-electron chi connectivity index (χ0n) is 16.1. The van der Waals surface area contributed by atoms with E-state index in [0.29, 0.717) is 5.41 Å². The Bertz CT molecular complexity index is 825. The monoisotopic (exact) mass is 363 g/mol. The molecule has 1 aromatic heterocycles. The lowest BCUT2D eigenvalue weighted by Gasteiger charge is -2.47. The highest BCUT2D eigenvalue weighted by Gasteiger charge is 2.41. The molecule has 1 saturated heterocycles. The number of carbonyl (C=O) groups is 1. The fraction of sp³-hybridized carbons (Fsp3) is 0.565. The first-order chi connectivity index (χ1) is 13.3. The van der Waals surface area contributed by atoms with E-state index in [-0.39, 0.29) is 5.91 Å². The van der Waals surface area contributed by atoms with E-state index in [2.05, 4.69) is 33.7 Å². The number of fused-ring (bicyclic) bond motifs is 1. The van der Waals surface area contributed by atoms with Crippen molar-refractivity contribution in [2.24, 2.45) is 5.41 Å². The number of hydrogen-bond donors (Lipinski definition) is 0. The number of amides is 1. The number of likely N-dealkylation sites (tertiary alicyclic amines) is 1. The molecular formula is C23H29N3O. The molecule has 0 radical (unpaired) electrons. The molecule has 2 aliphatic heterocycles. The Morgan fingerprint density at radius 2 is 1.67 bits per heavy atom. The van der Waals surface area contributed by atoms with E-state index in [9.17, 15) is 4.79 Å². The number of imidazole rings is 1. The van der Waals surface area contributed by atoms with Gasteiger partial charge >= 0.3 is 0 Å². The summed E-state index contributed by atoms with van der Waals surface area (Å²) in [6.07, 6.45) is 11.0. The van der Waals surface area contributed by atoms with Crippen molar-refractivity contribution >= 4 is 5.91 Å². The van der Waals surface area contributed by atoms with Crippen LogP contribution in [0.15, 0.2) is 30.3 Å². The molecule has 3 aliphatic rings. The Hall–Kier alpha value is -2.10. The summed E-state index contributed by atoms with van der Waals surface area (Å²) in [4.78, 5) is 20.4. The van der Waals surface area contributed by atoms with E-state index < -0.39 is 0 Å². The molecule has 0 N–H and O–H groups in total. The molecule has 1 aromatic carbocycles. The minimum Gasteiger partial charge on any atom is -0.337 e. The van der Waals surface area contributed by atoms with Crippen LogP contribution in [0.2, 0.25) is 0 Å². The maximum absolute atomic E-state index is 13.4. The predicted octanol–water partition coefficient (Wildman–Crippen LogP) is 4.68.